The van der Waals surface area contributed by atoms with Gasteiger partial charge < -0.3 is 15.5 Å². The van der Waals surface area contributed by atoms with E-state index in [1.54, 1.807) is 6.92 Å². The van der Waals surface area contributed by atoms with Gasteiger partial charge in [-0.15, -0.1) is 0 Å². The van der Waals surface area contributed by atoms with E-state index in [1.165, 1.54) is 0 Å². The van der Waals surface area contributed by atoms with Gasteiger partial charge in [-0.25, -0.2) is 0 Å². The summed E-state index contributed by atoms with van der Waals surface area (Å²) < 4.78 is 0. The van der Waals surface area contributed by atoms with Crippen LogP contribution in [0, 0.1) is 5.92 Å². The average Bonchev–Trinajstić information content (AvgIpc) is 2.67. The highest BCUT2D eigenvalue weighted by Gasteiger charge is 2.20. The third-order valence-electron chi connectivity index (χ3n) is 4.53. The summed E-state index contributed by atoms with van der Waals surface area (Å²) in [4.78, 5) is 33.9. The van der Waals surface area contributed by atoms with Crippen LogP contribution in [0.3, 0.4) is 0 Å². The Bertz CT molecular complexity index is 801. The van der Waals surface area contributed by atoms with Crippen LogP contribution in [0.5, 0.6) is 0 Å². The molecule has 6 heteroatoms. The molecule has 0 saturated carbocycles. The summed E-state index contributed by atoms with van der Waals surface area (Å²) in [5.41, 5.74) is 3.15. The predicted molar refractivity (Wildman–Crippen MR) is 106 cm³/mol. The second-order valence-electron chi connectivity index (χ2n) is 6.90. The SMILES string of the molecule is CC(C[C@@H](Cc1ccc(-c2ccccc2)cc1)NC(=O)CCC(=O)O)C(=O)O. The third kappa shape index (κ3) is 6.87. The van der Waals surface area contributed by atoms with E-state index < -0.39 is 17.9 Å². The second kappa shape index (κ2) is 10.3. The van der Waals surface area contributed by atoms with Gasteiger partial charge in [0, 0.05) is 12.5 Å². The van der Waals surface area contributed by atoms with Gasteiger partial charge >= 0.3 is 11.9 Å². The molecule has 2 aromatic carbocycles. The van der Waals surface area contributed by atoms with Crippen molar-refractivity contribution >= 4 is 17.8 Å². The number of aliphatic carboxylic acids is 2. The number of carbonyl (C=O) groups is 3. The fourth-order valence-electron chi connectivity index (χ4n) is 2.99. The molecule has 0 aliphatic carbocycles. The monoisotopic (exact) mass is 383 g/mol. The van der Waals surface area contributed by atoms with Gasteiger partial charge in [0.15, 0.2) is 0 Å². The number of hydrogen-bond acceptors (Lipinski definition) is 3. The number of benzene rings is 2. The molecule has 3 N–H and O–H groups in total. The van der Waals surface area contributed by atoms with Crippen molar-refractivity contribution in [3.05, 3.63) is 60.2 Å². The van der Waals surface area contributed by atoms with Crippen LogP contribution in [0.25, 0.3) is 11.1 Å². The van der Waals surface area contributed by atoms with Crippen molar-refractivity contribution in [2.24, 2.45) is 5.92 Å². The summed E-state index contributed by atoms with van der Waals surface area (Å²) in [6.45, 7) is 1.59. The van der Waals surface area contributed by atoms with Gasteiger partial charge in [-0.3, -0.25) is 14.4 Å². The lowest BCUT2D eigenvalue weighted by Crippen LogP contribution is -2.38. The van der Waals surface area contributed by atoms with Gasteiger partial charge in [0.25, 0.3) is 0 Å². The first-order valence-corrected chi connectivity index (χ1v) is 9.23. The van der Waals surface area contributed by atoms with Crippen molar-refractivity contribution in [3.63, 3.8) is 0 Å². The maximum absolute atomic E-state index is 12.0. The highest BCUT2D eigenvalue weighted by Crippen LogP contribution is 2.20. The lowest BCUT2D eigenvalue weighted by atomic mass is 9.95. The second-order valence-corrected chi connectivity index (χ2v) is 6.90. The van der Waals surface area contributed by atoms with Crippen LogP contribution in [0.15, 0.2) is 54.6 Å². The molecule has 1 unspecified atom stereocenters. The quantitative estimate of drug-likeness (QED) is 0.584. The highest BCUT2D eigenvalue weighted by molar-refractivity contribution is 5.81. The largest absolute Gasteiger partial charge is 0.481 e. The van der Waals surface area contributed by atoms with Crippen molar-refractivity contribution in [2.75, 3.05) is 0 Å². The van der Waals surface area contributed by atoms with Crippen LogP contribution in [-0.4, -0.2) is 34.1 Å². The number of carboxylic acid groups (broad SMARTS) is 2. The van der Waals surface area contributed by atoms with Crippen LogP contribution >= 0.6 is 0 Å². The van der Waals surface area contributed by atoms with Crippen LogP contribution in [0.1, 0.15) is 31.7 Å². The molecule has 0 aromatic heterocycles. The van der Waals surface area contributed by atoms with E-state index in [-0.39, 0.29) is 31.2 Å². The Morgan fingerprint density at radius 3 is 2.07 bits per heavy atom. The van der Waals surface area contributed by atoms with E-state index in [2.05, 4.69) is 5.32 Å². The van der Waals surface area contributed by atoms with Gasteiger partial charge in [-0.1, -0.05) is 61.5 Å². The van der Waals surface area contributed by atoms with E-state index in [0.717, 1.165) is 16.7 Å². The summed E-state index contributed by atoms with van der Waals surface area (Å²) in [5.74, 6) is -2.97. The maximum Gasteiger partial charge on any atom is 0.306 e. The van der Waals surface area contributed by atoms with Gasteiger partial charge in [0.2, 0.25) is 5.91 Å². The number of rotatable bonds is 10. The number of carbonyl (C=O) groups excluding carboxylic acids is 1. The molecule has 28 heavy (non-hydrogen) atoms. The Balaban J connectivity index is 2.06. The molecule has 1 amide bonds. The van der Waals surface area contributed by atoms with Crippen molar-refractivity contribution in [2.45, 2.75) is 38.6 Å². The molecule has 0 radical (unpaired) electrons. The first-order valence-electron chi connectivity index (χ1n) is 9.23. The summed E-state index contributed by atoms with van der Waals surface area (Å²) in [5, 5.41) is 20.7. The Morgan fingerprint density at radius 1 is 0.893 bits per heavy atom. The molecular weight excluding hydrogens is 358 g/mol. The molecule has 2 aromatic rings. The predicted octanol–water partition coefficient (Wildman–Crippen LogP) is 3.36. The van der Waals surface area contributed by atoms with E-state index >= 15 is 0 Å². The minimum absolute atomic E-state index is 0.125. The maximum atomic E-state index is 12.0. The molecule has 6 nitrogen and oxygen atoms in total. The molecule has 0 aliphatic heterocycles. The molecular formula is C22H25NO5. The Hall–Kier alpha value is -3.15. The van der Waals surface area contributed by atoms with Gasteiger partial charge in [-0.2, -0.15) is 0 Å². The van der Waals surface area contributed by atoms with Gasteiger partial charge in [0.1, 0.15) is 0 Å². The van der Waals surface area contributed by atoms with E-state index in [9.17, 15) is 19.5 Å². The summed E-state index contributed by atoms with van der Waals surface area (Å²) in [6.07, 6.45) is 0.374. The van der Waals surface area contributed by atoms with Crippen LogP contribution in [-0.2, 0) is 20.8 Å². The van der Waals surface area contributed by atoms with Crippen LogP contribution < -0.4 is 5.32 Å². The molecule has 2 rings (SSSR count). The van der Waals surface area contributed by atoms with Crippen molar-refractivity contribution in [1.82, 2.24) is 5.32 Å². The molecule has 0 bridgehead atoms. The topological polar surface area (TPSA) is 104 Å². The zero-order valence-electron chi connectivity index (χ0n) is 15.8. The lowest BCUT2D eigenvalue weighted by molar-refractivity contribution is -0.141. The Labute approximate surface area is 164 Å². The Morgan fingerprint density at radius 2 is 1.50 bits per heavy atom. The molecule has 0 fully saturated rings. The number of nitrogens with one attached hydrogen (secondary N) is 1. The first-order chi connectivity index (χ1) is 13.3. The van der Waals surface area contributed by atoms with Gasteiger partial charge in [0.05, 0.1) is 12.3 Å². The fourth-order valence-corrected chi connectivity index (χ4v) is 2.99. The van der Waals surface area contributed by atoms with Crippen molar-refractivity contribution in [1.29, 1.82) is 0 Å². The molecule has 0 saturated heterocycles. The number of hydrogen-bond donors (Lipinski definition) is 3. The average molecular weight is 383 g/mol. The zero-order valence-corrected chi connectivity index (χ0v) is 15.8. The van der Waals surface area contributed by atoms with E-state index in [4.69, 9.17) is 5.11 Å². The van der Waals surface area contributed by atoms with E-state index in [0.29, 0.717) is 6.42 Å². The summed E-state index contributed by atoms with van der Waals surface area (Å²) in [6, 6.07) is 17.5. The standard InChI is InChI=1S/C22H25NO5/c1-15(22(27)28)13-19(23-20(24)11-12-21(25)26)14-16-7-9-18(10-8-16)17-5-3-2-4-6-17/h2-10,15,19H,11-14H2,1H3,(H,23,24)(H,25,26)(H,27,28)/t15?,19-/m0/s1. The highest BCUT2D eigenvalue weighted by atomic mass is 16.4. The fraction of sp³-hybridized carbons (Fsp3) is 0.318. The van der Waals surface area contributed by atoms with Crippen molar-refractivity contribution < 1.29 is 24.6 Å². The third-order valence-corrected chi connectivity index (χ3v) is 4.53. The summed E-state index contributed by atoms with van der Waals surface area (Å²) >= 11 is 0. The minimum Gasteiger partial charge on any atom is -0.481 e. The number of amides is 1. The first kappa shape index (κ1) is 21.2. The van der Waals surface area contributed by atoms with Gasteiger partial charge in [-0.05, 0) is 29.5 Å². The lowest BCUT2D eigenvalue weighted by Gasteiger charge is -2.21. The molecule has 2 atom stereocenters. The molecule has 0 heterocycles. The molecule has 0 spiro atoms. The molecule has 0 aliphatic rings. The van der Waals surface area contributed by atoms with E-state index in [1.807, 2.05) is 54.6 Å². The summed E-state index contributed by atoms with van der Waals surface area (Å²) in [7, 11) is 0. The normalized spacial score (nSPS) is 12.8. The minimum atomic E-state index is -1.04. The number of carboxylic acids is 2. The molecule has 148 valence electrons. The van der Waals surface area contributed by atoms with Crippen LogP contribution in [0.4, 0.5) is 0 Å². The van der Waals surface area contributed by atoms with Crippen molar-refractivity contribution in [3.8, 4) is 11.1 Å². The Kier molecular flexibility index (Phi) is 7.75. The smallest absolute Gasteiger partial charge is 0.306 e. The zero-order chi connectivity index (χ0) is 20.5. The van der Waals surface area contributed by atoms with Crippen LogP contribution in [0.2, 0.25) is 0 Å².